The molecule has 2 rings (SSSR count). The quantitative estimate of drug-likeness (QED) is 0.731. The highest BCUT2D eigenvalue weighted by molar-refractivity contribution is 5.81. The van der Waals surface area contributed by atoms with E-state index >= 15 is 0 Å². The number of benzene rings is 1. The predicted octanol–water partition coefficient (Wildman–Crippen LogP) is 0.880. The number of phenols is 1. The van der Waals surface area contributed by atoms with E-state index in [1.54, 1.807) is 24.3 Å². The lowest BCUT2D eigenvalue weighted by Gasteiger charge is -2.12. The highest BCUT2D eigenvalue weighted by Gasteiger charge is 2.13. The van der Waals surface area contributed by atoms with Crippen molar-refractivity contribution in [2.45, 2.75) is 19.0 Å². The standard InChI is InChI=1S/C15H19N3O2/c16-14(11-12-3-5-13(19)6-4-12)15(20)17-7-10-18-8-1-2-9-18/h1-6,8-9,14,19H,7,10-11,16H2,(H,17,20)/t14-/m0/s1. The van der Waals surface area contributed by atoms with Crippen LogP contribution >= 0.6 is 0 Å². The molecule has 0 radical (unpaired) electrons. The lowest BCUT2D eigenvalue weighted by atomic mass is 10.1. The molecule has 0 saturated carbocycles. The second-order valence-electron chi connectivity index (χ2n) is 4.69. The van der Waals surface area contributed by atoms with Crippen molar-refractivity contribution < 1.29 is 9.90 Å². The number of hydrogen-bond donors (Lipinski definition) is 3. The average Bonchev–Trinajstić information content (AvgIpc) is 2.94. The van der Waals surface area contributed by atoms with Gasteiger partial charge in [-0.3, -0.25) is 4.79 Å². The smallest absolute Gasteiger partial charge is 0.237 e. The fourth-order valence-corrected chi connectivity index (χ4v) is 1.94. The number of nitrogens with two attached hydrogens (primary N) is 1. The molecule has 0 fully saturated rings. The Balaban J connectivity index is 1.75. The van der Waals surface area contributed by atoms with E-state index in [0.29, 0.717) is 13.0 Å². The number of nitrogens with zero attached hydrogens (tertiary/aromatic N) is 1. The topological polar surface area (TPSA) is 80.3 Å². The monoisotopic (exact) mass is 273 g/mol. The fourth-order valence-electron chi connectivity index (χ4n) is 1.94. The summed E-state index contributed by atoms with van der Waals surface area (Å²) in [5, 5.41) is 12.0. The van der Waals surface area contributed by atoms with E-state index < -0.39 is 6.04 Å². The van der Waals surface area contributed by atoms with Crippen LogP contribution in [-0.2, 0) is 17.8 Å². The van der Waals surface area contributed by atoms with Gasteiger partial charge >= 0.3 is 0 Å². The maximum atomic E-state index is 11.8. The van der Waals surface area contributed by atoms with Crippen LogP contribution in [0.25, 0.3) is 0 Å². The molecule has 0 unspecified atom stereocenters. The van der Waals surface area contributed by atoms with Gasteiger partial charge in [0.1, 0.15) is 5.75 Å². The zero-order valence-electron chi connectivity index (χ0n) is 11.2. The van der Waals surface area contributed by atoms with Gasteiger partial charge in [0.2, 0.25) is 5.91 Å². The summed E-state index contributed by atoms with van der Waals surface area (Å²) in [6, 6.07) is 10.0. The third kappa shape index (κ3) is 4.13. The number of carbonyl (C=O) groups excluding carboxylic acids is 1. The number of carbonyl (C=O) groups is 1. The van der Waals surface area contributed by atoms with Crippen molar-refractivity contribution in [2.75, 3.05) is 6.54 Å². The number of aromatic hydroxyl groups is 1. The zero-order valence-corrected chi connectivity index (χ0v) is 11.2. The van der Waals surface area contributed by atoms with E-state index in [1.807, 2.05) is 29.1 Å². The number of phenolic OH excluding ortho intramolecular Hbond substituents is 1. The number of nitrogens with one attached hydrogen (secondary N) is 1. The molecule has 2 aromatic rings. The molecule has 0 bridgehead atoms. The van der Waals surface area contributed by atoms with Gasteiger partial charge in [-0.15, -0.1) is 0 Å². The van der Waals surface area contributed by atoms with Crippen molar-refractivity contribution in [2.24, 2.45) is 5.73 Å². The fraction of sp³-hybridized carbons (Fsp3) is 0.267. The van der Waals surface area contributed by atoms with Crippen molar-refractivity contribution >= 4 is 5.91 Å². The van der Waals surface area contributed by atoms with Gasteiger partial charge in [-0.25, -0.2) is 0 Å². The molecule has 1 atom stereocenters. The van der Waals surface area contributed by atoms with Crippen LogP contribution in [0, 0.1) is 0 Å². The van der Waals surface area contributed by atoms with Crippen molar-refractivity contribution in [3.8, 4) is 5.75 Å². The minimum Gasteiger partial charge on any atom is -0.508 e. The summed E-state index contributed by atoms with van der Waals surface area (Å²) in [5.74, 6) is 0.0451. The van der Waals surface area contributed by atoms with Gasteiger partial charge < -0.3 is 20.7 Å². The summed E-state index contributed by atoms with van der Waals surface area (Å²) < 4.78 is 1.99. The summed E-state index contributed by atoms with van der Waals surface area (Å²) in [4.78, 5) is 11.8. The van der Waals surface area contributed by atoms with Crippen LogP contribution < -0.4 is 11.1 Å². The molecule has 0 saturated heterocycles. The highest BCUT2D eigenvalue weighted by atomic mass is 16.3. The van der Waals surface area contributed by atoms with Crippen LogP contribution in [0.2, 0.25) is 0 Å². The first kappa shape index (κ1) is 14.1. The predicted molar refractivity (Wildman–Crippen MR) is 77.2 cm³/mol. The Morgan fingerprint density at radius 3 is 2.55 bits per heavy atom. The molecule has 0 spiro atoms. The summed E-state index contributed by atoms with van der Waals surface area (Å²) in [7, 11) is 0. The molecule has 1 amide bonds. The van der Waals surface area contributed by atoms with Gasteiger partial charge in [-0.05, 0) is 36.2 Å². The molecule has 0 aliphatic heterocycles. The molecular formula is C15H19N3O2. The minimum atomic E-state index is -0.579. The van der Waals surface area contributed by atoms with Gasteiger partial charge in [0.25, 0.3) is 0 Å². The lowest BCUT2D eigenvalue weighted by Crippen LogP contribution is -2.43. The Labute approximate surface area is 118 Å². The molecule has 5 heteroatoms. The van der Waals surface area contributed by atoms with Gasteiger partial charge in [-0.1, -0.05) is 12.1 Å². The molecule has 0 aliphatic rings. The molecule has 1 aromatic carbocycles. The summed E-state index contributed by atoms with van der Waals surface area (Å²) >= 11 is 0. The second-order valence-corrected chi connectivity index (χ2v) is 4.69. The largest absolute Gasteiger partial charge is 0.508 e. The number of aromatic nitrogens is 1. The van der Waals surface area contributed by atoms with Crippen molar-refractivity contribution in [1.82, 2.24) is 9.88 Å². The Morgan fingerprint density at radius 1 is 1.25 bits per heavy atom. The first-order chi connectivity index (χ1) is 9.65. The Hall–Kier alpha value is -2.27. The molecular weight excluding hydrogens is 254 g/mol. The van der Waals surface area contributed by atoms with E-state index in [2.05, 4.69) is 5.32 Å². The van der Waals surface area contributed by atoms with Crippen LogP contribution in [0.1, 0.15) is 5.56 Å². The van der Waals surface area contributed by atoms with E-state index in [1.165, 1.54) is 0 Å². The molecule has 5 nitrogen and oxygen atoms in total. The molecule has 1 aromatic heterocycles. The number of hydrogen-bond acceptors (Lipinski definition) is 3. The maximum absolute atomic E-state index is 11.8. The second kappa shape index (κ2) is 6.77. The molecule has 106 valence electrons. The van der Waals surface area contributed by atoms with Gasteiger partial charge in [-0.2, -0.15) is 0 Å². The molecule has 20 heavy (non-hydrogen) atoms. The molecule has 4 N–H and O–H groups in total. The molecule has 1 heterocycles. The maximum Gasteiger partial charge on any atom is 0.237 e. The first-order valence-corrected chi connectivity index (χ1v) is 6.57. The van der Waals surface area contributed by atoms with Crippen molar-refractivity contribution in [3.63, 3.8) is 0 Å². The van der Waals surface area contributed by atoms with Gasteiger partial charge in [0.15, 0.2) is 0 Å². The first-order valence-electron chi connectivity index (χ1n) is 6.57. The number of amides is 1. The van der Waals surface area contributed by atoms with Crippen LogP contribution in [0.3, 0.4) is 0 Å². The van der Waals surface area contributed by atoms with Crippen LogP contribution in [-0.4, -0.2) is 28.2 Å². The Kier molecular flexibility index (Phi) is 4.79. The Bertz CT molecular complexity index is 535. The third-order valence-electron chi connectivity index (χ3n) is 3.06. The zero-order chi connectivity index (χ0) is 14.4. The summed E-state index contributed by atoms with van der Waals surface area (Å²) in [6.07, 6.45) is 4.35. The van der Waals surface area contributed by atoms with Crippen molar-refractivity contribution in [3.05, 3.63) is 54.4 Å². The highest BCUT2D eigenvalue weighted by Crippen LogP contribution is 2.10. The number of rotatable bonds is 6. The third-order valence-corrected chi connectivity index (χ3v) is 3.06. The van der Waals surface area contributed by atoms with E-state index in [0.717, 1.165) is 12.1 Å². The van der Waals surface area contributed by atoms with E-state index in [-0.39, 0.29) is 11.7 Å². The van der Waals surface area contributed by atoms with Gasteiger partial charge in [0.05, 0.1) is 6.04 Å². The van der Waals surface area contributed by atoms with Crippen LogP contribution in [0.15, 0.2) is 48.8 Å². The average molecular weight is 273 g/mol. The van der Waals surface area contributed by atoms with E-state index in [9.17, 15) is 9.90 Å². The Morgan fingerprint density at radius 2 is 1.90 bits per heavy atom. The van der Waals surface area contributed by atoms with Crippen LogP contribution in [0.5, 0.6) is 5.75 Å². The van der Waals surface area contributed by atoms with Crippen molar-refractivity contribution in [1.29, 1.82) is 0 Å². The SMILES string of the molecule is N[C@@H](Cc1ccc(O)cc1)C(=O)NCCn1cccc1. The summed E-state index contributed by atoms with van der Waals surface area (Å²) in [5.41, 5.74) is 6.79. The van der Waals surface area contributed by atoms with Crippen LogP contribution in [0.4, 0.5) is 0 Å². The molecule has 0 aliphatic carbocycles. The van der Waals surface area contributed by atoms with Gasteiger partial charge in [0, 0.05) is 25.5 Å². The normalized spacial score (nSPS) is 12.1. The van der Waals surface area contributed by atoms with E-state index in [4.69, 9.17) is 5.73 Å². The lowest BCUT2D eigenvalue weighted by molar-refractivity contribution is -0.122. The summed E-state index contributed by atoms with van der Waals surface area (Å²) in [6.45, 7) is 1.28. The minimum absolute atomic E-state index is 0.162.